The Labute approximate surface area is 191 Å². The molecule has 1 unspecified atom stereocenters. The molecule has 1 amide bonds. The zero-order valence-corrected chi connectivity index (χ0v) is 18.5. The number of aromatic nitrogens is 2. The lowest BCUT2D eigenvalue weighted by Crippen LogP contribution is -2.29. The molecule has 0 spiro atoms. The predicted octanol–water partition coefficient (Wildman–Crippen LogP) is 5.67. The maximum Gasteiger partial charge on any atom is 0.273 e. The number of amides is 1. The van der Waals surface area contributed by atoms with Crippen molar-refractivity contribution in [2.45, 2.75) is 26.4 Å². The van der Waals surface area contributed by atoms with E-state index in [0.29, 0.717) is 18.8 Å². The zero-order chi connectivity index (χ0) is 22.9. The lowest BCUT2D eigenvalue weighted by atomic mass is 9.95. The number of nitrogens with one attached hydrogen (secondary N) is 1. The van der Waals surface area contributed by atoms with Gasteiger partial charge in [-0.3, -0.25) is 9.89 Å². The lowest BCUT2D eigenvalue weighted by molar-refractivity contribution is 0.0730. The number of carbonyl (C=O) groups excluding carboxylic acids is 1. The molecule has 1 atom stereocenters. The minimum atomic E-state index is -0.330. The summed E-state index contributed by atoms with van der Waals surface area (Å²) in [5.74, 6) is 0.353. The topological polar surface area (TPSA) is 58.2 Å². The first-order chi connectivity index (χ1) is 16.0. The number of carbonyl (C=O) groups is 1. The van der Waals surface area contributed by atoms with Crippen LogP contribution in [-0.2, 0) is 6.54 Å². The van der Waals surface area contributed by atoms with Crippen LogP contribution in [0.2, 0.25) is 0 Å². The highest BCUT2D eigenvalue weighted by molar-refractivity contribution is 6.00. The highest BCUT2D eigenvalue weighted by atomic mass is 19.1. The van der Waals surface area contributed by atoms with Crippen LogP contribution in [0.3, 0.4) is 0 Å². The van der Waals surface area contributed by atoms with E-state index in [-0.39, 0.29) is 17.8 Å². The Morgan fingerprint density at radius 2 is 1.70 bits per heavy atom. The van der Waals surface area contributed by atoms with Crippen molar-refractivity contribution >= 4 is 5.91 Å². The number of hydrogen-bond acceptors (Lipinski definition) is 3. The van der Waals surface area contributed by atoms with Gasteiger partial charge in [0, 0.05) is 17.7 Å². The Balaban J connectivity index is 1.60. The molecule has 1 aromatic heterocycles. The van der Waals surface area contributed by atoms with E-state index in [9.17, 15) is 9.18 Å². The second-order valence-electron chi connectivity index (χ2n) is 8.19. The maximum absolute atomic E-state index is 13.5. The van der Waals surface area contributed by atoms with Crippen LogP contribution >= 0.6 is 0 Å². The van der Waals surface area contributed by atoms with Crippen LogP contribution in [0.15, 0.2) is 72.8 Å². The number of halogens is 1. The minimum absolute atomic E-state index is 0.126. The molecule has 2 heterocycles. The Morgan fingerprint density at radius 3 is 2.36 bits per heavy atom. The van der Waals surface area contributed by atoms with E-state index in [2.05, 4.69) is 10.2 Å². The average molecular weight is 442 g/mol. The zero-order valence-electron chi connectivity index (χ0n) is 18.5. The Kier molecular flexibility index (Phi) is 5.42. The van der Waals surface area contributed by atoms with E-state index >= 15 is 0 Å². The van der Waals surface area contributed by atoms with Crippen LogP contribution in [0.1, 0.15) is 45.7 Å². The molecule has 33 heavy (non-hydrogen) atoms. The van der Waals surface area contributed by atoms with Gasteiger partial charge in [-0.25, -0.2) is 4.39 Å². The summed E-state index contributed by atoms with van der Waals surface area (Å²) in [6.45, 7) is 4.92. The average Bonchev–Trinajstić information content (AvgIpc) is 3.36. The van der Waals surface area contributed by atoms with Crippen molar-refractivity contribution in [2.24, 2.45) is 0 Å². The number of fused-ring (bicyclic) bond motifs is 1. The Hall–Kier alpha value is -3.93. The molecule has 0 radical (unpaired) electrons. The van der Waals surface area contributed by atoms with E-state index in [4.69, 9.17) is 4.74 Å². The van der Waals surface area contributed by atoms with Crippen LogP contribution in [0, 0.1) is 12.7 Å². The molecule has 6 heteroatoms. The summed E-state index contributed by atoms with van der Waals surface area (Å²) in [5.41, 5.74) is 6.03. The summed E-state index contributed by atoms with van der Waals surface area (Å²) in [6.07, 6.45) is 0. The van der Waals surface area contributed by atoms with Gasteiger partial charge in [-0.1, -0.05) is 54.1 Å². The molecule has 0 saturated heterocycles. The fourth-order valence-corrected chi connectivity index (χ4v) is 4.34. The number of nitrogens with zero attached hydrogens (tertiary/aromatic N) is 2. The summed E-state index contributed by atoms with van der Waals surface area (Å²) in [4.78, 5) is 15.3. The third kappa shape index (κ3) is 3.89. The molecule has 3 aromatic carbocycles. The number of aryl methyl sites for hydroxylation is 1. The van der Waals surface area contributed by atoms with Crippen LogP contribution in [0.25, 0.3) is 11.3 Å². The van der Waals surface area contributed by atoms with Crippen LogP contribution in [0.5, 0.6) is 5.75 Å². The number of rotatable bonds is 6. The minimum Gasteiger partial charge on any atom is -0.494 e. The van der Waals surface area contributed by atoms with E-state index < -0.39 is 0 Å². The standard InChI is InChI=1S/C27H24FN3O2/c1-3-33-22-14-10-20(11-15-22)26-23-24(19-8-4-17(2)5-9-19)29-30-25(23)27(32)31(26)16-18-6-12-21(28)13-7-18/h4-15,26H,3,16H2,1-2H3,(H,29,30). The normalized spacial score (nSPS) is 15.1. The molecule has 0 bridgehead atoms. The van der Waals surface area contributed by atoms with Gasteiger partial charge in [0.2, 0.25) is 0 Å². The summed E-state index contributed by atoms with van der Waals surface area (Å²) in [5, 5.41) is 7.50. The van der Waals surface area contributed by atoms with Crippen LogP contribution in [-0.4, -0.2) is 27.6 Å². The number of H-pyrrole nitrogens is 1. The molecular weight excluding hydrogens is 417 g/mol. The molecular formula is C27H24FN3O2. The maximum atomic E-state index is 13.5. The molecule has 5 rings (SSSR count). The highest BCUT2D eigenvalue weighted by Gasteiger charge is 2.42. The van der Waals surface area contributed by atoms with Gasteiger partial charge in [-0.05, 0) is 49.2 Å². The van der Waals surface area contributed by atoms with E-state index in [0.717, 1.165) is 39.3 Å². The van der Waals surface area contributed by atoms with Gasteiger partial charge in [0.25, 0.3) is 5.91 Å². The summed E-state index contributed by atoms with van der Waals surface area (Å²) in [6, 6.07) is 21.9. The Morgan fingerprint density at radius 1 is 1.00 bits per heavy atom. The largest absolute Gasteiger partial charge is 0.494 e. The van der Waals surface area contributed by atoms with E-state index in [1.165, 1.54) is 12.1 Å². The molecule has 0 saturated carbocycles. The van der Waals surface area contributed by atoms with Crippen molar-refractivity contribution in [1.29, 1.82) is 0 Å². The van der Waals surface area contributed by atoms with Crippen LogP contribution in [0.4, 0.5) is 4.39 Å². The summed E-state index contributed by atoms with van der Waals surface area (Å²) in [7, 11) is 0. The smallest absolute Gasteiger partial charge is 0.273 e. The van der Waals surface area contributed by atoms with Gasteiger partial charge < -0.3 is 9.64 Å². The Bertz CT molecular complexity index is 1280. The third-order valence-electron chi connectivity index (χ3n) is 5.96. The van der Waals surface area contributed by atoms with Crippen molar-refractivity contribution in [2.75, 3.05) is 6.61 Å². The number of benzene rings is 3. The fraction of sp³-hybridized carbons (Fsp3) is 0.185. The van der Waals surface area contributed by atoms with Crippen molar-refractivity contribution < 1.29 is 13.9 Å². The lowest BCUT2D eigenvalue weighted by Gasteiger charge is -2.26. The predicted molar refractivity (Wildman–Crippen MR) is 124 cm³/mol. The molecule has 1 aliphatic rings. The fourth-order valence-electron chi connectivity index (χ4n) is 4.34. The van der Waals surface area contributed by atoms with Crippen molar-refractivity contribution in [3.05, 3.63) is 107 Å². The summed E-state index contributed by atoms with van der Waals surface area (Å²) < 4.78 is 19.1. The second kappa shape index (κ2) is 8.54. The van der Waals surface area contributed by atoms with Crippen molar-refractivity contribution in [3.63, 3.8) is 0 Å². The highest BCUT2D eigenvalue weighted by Crippen LogP contribution is 2.43. The van der Waals surface area contributed by atoms with Crippen LogP contribution < -0.4 is 4.74 Å². The SMILES string of the molecule is CCOc1ccc(C2c3c(-c4ccc(C)cc4)n[nH]c3C(=O)N2Cc2ccc(F)cc2)cc1. The number of aromatic amines is 1. The van der Waals surface area contributed by atoms with Gasteiger partial charge in [0.15, 0.2) is 0 Å². The second-order valence-corrected chi connectivity index (χ2v) is 8.19. The molecule has 4 aromatic rings. The van der Waals surface area contributed by atoms with Gasteiger partial charge >= 0.3 is 0 Å². The third-order valence-corrected chi connectivity index (χ3v) is 5.96. The molecule has 1 N–H and O–H groups in total. The van der Waals surface area contributed by atoms with E-state index in [1.807, 2.05) is 67.3 Å². The van der Waals surface area contributed by atoms with Gasteiger partial charge in [0.1, 0.15) is 17.3 Å². The monoisotopic (exact) mass is 441 g/mol. The molecule has 0 aliphatic carbocycles. The van der Waals surface area contributed by atoms with Gasteiger partial charge in [-0.15, -0.1) is 0 Å². The van der Waals surface area contributed by atoms with Gasteiger partial charge in [-0.2, -0.15) is 5.10 Å². The molecule has 5 nitrogen and oxygen atoms in total. The first-order valence-corrected chi connectivity index (χ1v) is 11.0. The molecule has 166 valence electrons. The number of hydrogen-bond donors (Lipinski definition) is 1. The van der Waals surface area contributed by atoms with Crippen molar-refractivity contribution in [1.82, 2.24) is 15.1 Å². The molecule has 1 aliphatic heterocycles. The first kappa shape index (κ1) is 20.9. The van der Waals surface area contributed by atoms with Gasteiger partial charge in [0.05, 0.1) is 18.3 Å². The quantitative estimate of drug-likeness (QED) is 0.420. The first-order valence-electron chi connectivity index (χ1n) is 11.0. The number of ether oxygens (including phenoxy) is 1. The van der Waals surface area contributed by atoms with E-state index in [1.54, 1.807) is 12.1 Å². The summed E-state index contributed by atoms with van der Waals surface area (Å²) >= 11 is 0. The molecule has 0 fully saturated rings. The van der Waals surface area contributed by atoms with Crippen molar-refractivity contribution in [3.8, 4) is 17.0 Å².